The summed E-state index contributed by atoms with van der Waals surface area (Å²) >= 11 is 6.25. The Hall–Kier alpha value is -2.65. The number of hydrogen-bond acceptors (Lipinski definition) is 8. The molecule has 4 N–H and O–H groups in total. The van der Waals surface area contributed by atoms with Crippen molar-refractivity contribution in [3.63, 3.8) is 0 Å². The number of pyridine rings is 1. The third-order valence-electron chi connectivity index (χ3n) is 6.66. The number of halogens is 4. The van der Waals surface area contributed by atoms with Gasteiger partial charge in [-0.3, -0.25) is 4.79 Å². The Kier molecular flexibility index (Phi) is 10.1. The van der Waals surface area contributed by atoms with E-state index >= 15 is 0 Å². The van der Waals surface area contributed by atoms with Gasteiger partial charge in [-0.1, -0.05) is 18.5 Å². The third-order valence-corrected chi connectivity index (χ3v) is 8.61. The number of amides is 1. The topological polar surface area (TPSA) is 139 Å². The summed E-state index contributed by atoms with van der Waals surface area (Å²) in [7, 11) is -0.322. The van der Waals surface area contributed by atoms with Crippen molar-refractivity contribution in [3.05, 3.63) is 46.2 Å². The molecular weight excluding hydrogens is 603 g/mol. The van der Waals surface area contributed by atoms with E-state index in [0.29, 0.717) is 0 Å². The predicted octanol–water partition coefficient (Wildman–Crippen LogP) is 3.73. The molecule has 15 heteroatoms. The third kappa shape index (κ3) is 6.94. The van der Waals surface area contributed by atoms with Gasteiger partial charge in [0.1, 0.15) is 13.2 Å². The maximum Gasteiger partial charge on any atom is 0.424 e. The number of nitrogens with one attached hydrogen (secondary N) is 2. The van der Waals surface area contributed by atoms with E-state index < -0.39 is 62.5 Å². The van der Waals surface area contributed by atoms with E-state index in [2.05, 4.69) is 15.0 Å². The standard InChI is InChI=1S/C27H35ClF3N3O7S/c1-7-25(34-42(38)24(3,4)5)14-41-21-17(25)11-20(33-22(21)28)26(37,27(29,30)31)13-32-23(36)16-8-9-18(19(10-16)39-6)40-12-15(2)35/h8-11,15,34-35,37H,7,12-14H2,1-6H3,(H,32,36)/t15-,25-,26-,42?/m1/s1. The molecular formula is C27H35ClF3N3O7S. The van der Waals surface area contributed by atoms with E-state index in [9.17, 15) is 32.4 Å². The van der Waals surface area contributed by atoms with Crippen molar-refractivity contribution in [1.82, 2.24) is 15.0 Å². The van der Waals surface area contributed by atoms with Crippen LogP contribution in [-0.2, 0) is 22.1 Å². The van der Waals surface area contributed by atoms with Crippen LogP contribution in [0.25, 0.3) is 0 Å². The van der Waals surface area contributed by atoms with Gasteiger partial charge in [0, 0.05) is 11.1 Å². The van der Waals surface area contributed by atoms with Crippen molar-refractivity contribution < 1.29 is 46.6 Å². The summed E-state index contributed by atoms with van der Waals surface area (Å²) in [4.78, 5) is 16.7. The number of benzene rings is 1. The Morgan fingerprint density at radius 2 is 1.93 bits per heavy atom. The van der Waals surface area contributed by atoms with E-state index in [1.165, 1.54) is 32.2 Å². The molecule has 2 aromatic rings. The van der Waals surface area contributed by atoms with Gasteiger partial charge in [-0.25, -0.2) is 13.9 Å². The first kappa shape index (κ1) is 33.8. The van der Waals surface area contributed by atoms with Crippen LogP contribution >= 0.6 is 11.6 Å². The van der Waals surface area contributed by atoms with Crippen molar-refractivity contribution in [1.29, 1.82) is 0 Å². The van der Waals surface area contributed by atoms with Crippen molar-refractivity contribution in [2.75, 3.05) is 26.9 Å². The summed E-state index contributed by atoms with van der Waals surface area (Å²) in [5, 5.41) is 22.2. The first-order valence-corrected chi connectivity index (χ1v) is 14.5. The minimum atomic E-state index is -5.29. The summed E-state index contributed by atoms with van der Waals surface area (Å²) in [6.45, 7) is 7.02. The number of alkyl halides is 3. The summed E-state index contributed by atoms with van der Waals surface area (Å²) in [6, 6.07) is 4.92. The fraction of sp³-hybridized carbons (Fsp3) is 0.556. The van der Waals surface area contributed by atoms with Crippen LogP contribution < -0.4 is 24.2 Å². The minimum absolute atomic E-state index is 0.0132. The average Bonchev–Trinajstić information content (AvgIpc) is 3.27. The molecule has 3 rings (SSSR count). The summed E-state index contributed by atoms with van der Waals surface area (Å²) in [5.74, 6) is -0.614. The SMILES string of the molecule is CC[C@@]1(NS(=O)C(C)(C)C)COc2c1cc([C@](O)(CNC(=O)c1ccc(OC[C@@H](C)O)c(OC)c1)C(F)(F)F)nc2Cl. The average molecular weight is 638 g/mol. The van der Waals surface area contributed by atoms with Crippen molar-refractivity contribution in [3.8, 4) is 17.2 Å². The number of methoxy groups -OCH3 is 1. The van der Waals surface area contributed by atoms with Crippen LogP contribution in [0.1, 0.15) is 62.7 Å². The highest BCUT2D eigenvalue weighted by molar-refractivity contribution is 7.84. The second-order valence-electron chi connectivity index (χ2n) is 10.9. The number of aliphatic hydroxyl groups excluding tert-OH is 1. The van der Waals surface area contributed by atoms with Crippen molar-refractivity contribution in [2.24, 2.45) is 0 Å². The Bertz CT molecular complexity index is 1340. The quantitative estimate of drug-likeness (QED) is 0.274. The van der Waals surface area contributed by atoms with Crippen LogP contribution in [0, 0.1) is 0 Å². The molecule has 0 spiro atoms. The Morgan fingerprint density at radius 3 is 2.48 bits per heavy atom. The van der Waals surface area contributed by atoms with Crippen LogP contribution in [-0.4, -0.2) is 69.2 Å². The van der Waals surface area contributed by atoms with Gasteiger partial charge in [-0.2, -0.15) is 13.2 Å². The lowest BCUT2D eigenvalue weighted by Crippen LogP contribution is -2.52. The maximum atomic E-state index is 14.5. The molecule has 1 aromatic heterocycles. The van der Waals surface area contributed by atoms with Gasteiger partial charge < -0.3 is 29.7 Å². The number of ether oxygens (including phenoxy) is 3. The van der Waals surface area contributed by atoms with Crippen molar-refractivity contribution >= 4 is 28.5 Å². The molecule has 1 aromatic carbocycles. The lowest BCUT2D eigenvalue weighted by molar-refractivity contribution is -0.265. The molecule has 10 nitrogen and oxygen atoms in total. The second-order valence-corrected chi connectivity index (χ2v) is 13.3. The normalized spacial score (nSPS) is 19.7. The van der Waals surface area contributed by atoms with E-state index in [0.717, 1.165) is 6.07 Å². The molecule has 2 heterocycles. The van der Waals surface area contributed by atoms with Gasteiger partial charge in [0.05, 0.1) is 46.7 Å². The predicted molar refractivity (Wildman–Crippen MR) is 150 cm³/mol. The van der Waals surface area contributed by atoms with Gasteiger partial charge in [0.25, 0.3) is 5.91 Å². The first-order chi connectivity index (χ1) is 19.4. The zero-order valence-corrected chi connectivity index (χ0v) is 25.6. The zero-order valence-electron chi connectivity index (χ0n) is 24.0. The number of hydrogen-bond donors (Lipinski definition) is 4. The molecule has 234 valence electrons. The lowest BCUT2D eigenvalue weighted by atomic mass is 9.88. The number of carbonyl (C=O) groups excluding carboxylic acids is 1. The molecule has 1 amide bonds. The van der Waals surface area contributed by atoms with Crippen LogP contribution in [0.15, 0.2) is 24.3 Å². The largest absolute Gasteiger partial charge is 0.493 e. The first-order valence-electron chi connectivity index (χ1n) is 13.0. The molecule has 0 saturated carbocycles. The Labute approximate surface area is 249 Å². The number of fused-ring (bicyclic) bond motifs is 1. The number of aliphatic hydroxyl groups is 2. The molecule has 1 unspecified atom stereocenters. The molecule has 4 atom stereocenters. The fourth-order valence-electron chi connectivity index (χ4n) is 4.04. The Balaban J connectivity index is 1.96. The van der Waals surface area contributed by atoms with E-state index in [4.69, 9.17) is 25.8 Å². The summed E-state index contributed by atoms with van der Waals surface area (Å²) in [6.07, 6.45) is -5.80. The highest BCUT2D eigenvalue weighted by atomic mass is 35.5. The van der Waals surface area contributed by atoms with Crippen LogP contribution in [0.4, 0.5) is 13.2 Å². The van der Waals surface area contributed by atoms with Gasteiger partial charge in [0.2, 0.25) is 5.60 Å². The second kappa shape index (κ2) is 12.5. The van der Waals surface area contributed by atoms with Crippen LogP contribution in [0.5, 0.6) is 17.2 Å². The van der Waals surface area contributed by atoms with Crippen LogP contribution in [0.2, 0.25) is 5.15 Å². The molecule has 1 aliphatic heterocycles. The molecule has 0 aliphatic carbocycles. The lowest BCUT2D eigenvalue weighted by Gasteiger charge is -2.33. The van der Waals surface area contributed by atoms with E-state index in [1.807, 2.05) is 0 Å². The number of nitrogens with zero attached hydrogens (tertiary/aromatic N) is 1. The Morgan fingerprint density at radius 1 is 1.26 bits per heavy atom. The number of carbonyl (C=O) groups is 1. The minimum Gasteiger partial charge on any atom is -0.493 e. The van der Waals surface area contributed by atoms with Gasteiger partial charge in [0.15, 0.2) is 22.4 Å². The highest BCUT2D eigenvalue weighted by Gasteiger charge is 2.57. The maximum absolute atomic E-state index is 14.5. The molecule has 0 fully saturated rings. The number of aromatic nitrogens is 1. The molecule has 42 heavy (non-hydrogen) atoms. The fourth-order valence-corrected chi connectivity index (χ4v) is 5.27. The van der Waals surface area contributed by atoms with Crippen LogP contribution in [0.3, 0.4) is 0 Å². The summed E-state index contributed by atoms with van der Waals surface area (Å²) < 4.78 is 74.8. The molecule has 0 saturated heterocycles. The zero-order chi connectivity index (χ0) is 31.7. The molecule has 0 bridgehead atoms. The van der Waals surface area contributed by atoms with Crippen molar-refractivity contribution in [2.45, 2.75) is 69.2 Å². The van der Waals surface area contributed by atoms with Gasteiger partial charge in [-0.15, -0.1) is 0 Å². The highest BCUT2D eigenvalue weighted by Crippen LogP contribution is 2.47. The molecule has 1 aliphatic rings. The molecule has 0 radical (unpaired) electrons. The smallest absolute Gasteiger partial charge is 0.424 e. The van der Waals surface area contributed by atoms with E-state index in [-0.39, 0.29) is 48.0 Å². The van der Waals surface area contributed by atoms with Gasteiger partial charge in [-0.05, 0) is 58.4 Å². The van der Waals surface area contributed by atoms with Gasteiger partial charge >= 0.3 is 6.18 Å². The monoisotopic (exact) mass is 637 g/mol. The summed E-state index contributed by atoms with van der Waals surface area (Å²) in [5.41, 5.74) is -5.63. The number of rotatable bonds is 11. The van der Waals surface area contributed by atoms with E-state index in [1.54, 1.807) is 27.7 Å².